The van der Waals surface area contributed by atoms with Gasteiger partial charge in [-0.1, -0.05) is 49.1 Å². The minimum atomic E-state index is -0.771. The van der Waals surface area contributed by atoms with E-state index in [4.69, 9.17) is 16.3 Å². The molecule has 2 aliphatic rings. The summed E-state index contributed by atoms with van der Waals surface area (Å²) >= 11 is 5.95. The van der Waals surface area contributed by atoms with Gasteiger partial charge in [0.05, 0.1) is 7.11 Å². The first kappa shape index (κ1) is 28.0. The number of phenols is 1. The summed E-state index contributed by atoms with van der Waals surface area (Å²) in [5.74, 6) is -0.736. The zero-order valence-electron chi connectivity index (χ0n) is 22.0. The Kier molecular flexibility index (Phi) is 9.67. The molecule has 38 heavy (non-hydrogen) atoms. The number of aryl methyl sites for hydroxylation is 1. The summed E-state index contributed by atoms with van der Waals surface area (Å²) in [5, 5.41) is 13.8. The molecule has 0 aromatic heterocycles. The lowest BCUT2D eigenvalue weighted by atomic mass is 9.82. The van der Waals surface area contributed by atoms with Crippen LogP contribution < -0.4 is 5.32 Å². The molecule has 2 atom stereocenters. The molecule has 2 unspecified atom stereocenters. The molecule has 2 amide bonds. The Morgan fingerprint density at radius 2 is 1.79 bits per heavy atom. The van der Waals surface area contributed by atoms with Crippen LogP contribution >= 0.6 is 11.6 Å². The lowest BCUT2D eigenvalue weighted by molar-refractivity contribution is -0.155. The average Bonchev–Trinajstić information content (AvgIpc) is 2.94. The summed E-state index contributed by atoms with van der Waals surface area (Å²) < 4.78 is 5.05. The number of nitrogens with one attached hydrogen (secondary N) is 1. The fourth-order valence-corrected chi connectivity index (χ4v) is 5.81. The number of halogens is 1. The van der Waals surface area contributed by atoms with E-state index in [1.54, 1.807) is 18.2 Å². The smallest absolute Gasteiger partial charge is 0.328 e. The van der Waals surface area contributed by atoms with Crippen LogP contribution in [0.15, 0.2) is 42.5 Å². The SMILES string of the molecule is COC(=O)C1Cc2ccc(O)cc2CN1C(=O)C(NC(=O)CCCCc1ccc(Cl)cc1)C1CCCCC1. The van der Waals surface area contributed by atoms with E-state index in [9.17, 15) is 19.5 Å². The number of methoxy groups -OCH3 is 1. The highest BCUT2D eigenvalue weighted by atomic mass is 35.5. The first-order chi connectivity index (χ1) is 18.4. The van der Waals surface area contributed by atoms with E-state index < -0.39 is 18.1 Å². The predicted molar refractivity (Wildman–Crippen MR) is 146 cm³/mol. The molecule has 1 heterocycles. The molecule has 1 fully saturated rings. The molecule has 0 saturated heterocycles. The summed E-state index contributed by atoms with van der Waals surface area (Å²) in [7, 11) is 1.32. The van der Waals surface area contributed by atoms with E-state index in [1.807, 2.05) is 24.3 Å². The Morgan fingerprint density at radius 3 is 2.50 bits per heavy atom. The summed E-state index contributed by atoms with van der Waals surface area (Å²) in [6.45, 7) is 0.183. The van der Waals surface area contributed by atoms with Crippen LogP contribution in [0.2, 0.25) is 5.02 Å². The molecule has 1 aliphatic heterocycles. The molecule has 0 spiro atoms. The van der Waals surface area contributed by atoms with Gasteiger partial charge in [-0.3, -0.25) is 9.59 Å². The van der Waals surface area contributed by atoms with Crippen LogP contribution in [0, 0.1) is 5.92 Å². The van der Waals surface area contributed by atoms with Crippen LogP contribution in [0.25, 0.3) is 0 Å². The molecule has 0 radical (unpaired) electrons. The van der Waals surface area contributed by atoms with Crippen molar-refractivity contribution in [2.75, 3.05) is 7.11 Å². The second-order valence-electron chi connectivity index (χ2n) is 10.4. The van der Waals surface area contributed by atoms with Crippen molar-refractivity contribution in [3.05, 3.63) is 64.2 Å². The minimum absolute atomic E-state index is 0.0261. The molecule has 1 aliphatic carbocycles. The van der Waals surface area contributed by atoms with E-state index in [1.165, 1.54) is 17.6 Å². The first-order valence-electron chi connectivity index (χ1n) is 13.6. The number of esters is 1. The summed E-state index contributed by atoms with van der Waals surface area (Å²) in [6, 6.07) is 11.3. The molecule has 1 saturated carbocycles. The number of unbranched alkanes of at least 4 members (excludes halogenated alkanes) is 1. The number of benzene rings is 2. The van der Waals surface area contributed by atoms with Gasteiger partial charge in [-0.05, 0) is 79.0 Å². The maximum atomic E-state index is 14.0. The number of amides is 2. The lowest BCUT2D eigenvalue weighted by Gasteiger charge is -2.39. The van der Waals surface area contributed by atoms with Gasteiger partial charge >= 0.3 is 5.97 Å². The second kappa shape index (κ2) is 13.1. The highest BCUT2D eigenvalue weighted by Gasteiger charge is 2.41. The number of rotatable bonds is 9. The Hall–Kier alpha value is -3.06. The van der Waals surface area contributed by atoms with E-state index in [0.717, 1.165) is 56.1 Å². The summed E-state index contributed by atoms with van der Waals surface area (Å²) in [4.78, 5) is 41.3. The summed E-state index contributed by atoms with van der Waals surface area (Å²) in [6.07, 6.45) is 7.95. The number of nitrogens with zero attached hydrogens (tertiary/aromatic N) is 1. The van der Waals surface area contributed by atoms with Crippen molar-refractivity contribution in [3.63, 3.8) is 0 Å². The molecule has 2 aromatic carbocycles. The third-order valence-electron chi connectivity index (χ3n) is 7.81. The predicted octanol–water partition coefficient (Wildman–Crippen LogP) is 4.95. The first-order valence-corrected chi connectivity index (χ1v) is 14.0. The molecule has 204 valence electrons. The molecule has 7 nitrogen and oxygen atoms in total. The van der Waals surface area contributed by atoms with Gasteiger partial charge in [0.25, 0.3) is 0 Å². The van der Waals surface area contributed by atoms with Gasteiger partial charge in [-0.2, -0.15) is 0 Å². The third-order valence-corrected chi connectivity index (χ3v) is 8.06. The van der Waals surface area contributed by atoms with E-state index >= 15 is 0 Å². The number of carbonyl (C=O) groups is 3. The number of phenolic OH excluding ortho intramolecular Hbond substituents is 1. The van der Waals surface area contributed by atoms with Gasteiger partial charge in [0.1, 0.15) is 17.8 Å². The second-order valence-corrected chi connectivity index (χ2v) is 10.9. The highest BCUT2D eigenvalue weighted by molar-refractivity contribution is 6.30. The summed E-state index contributed by atoms with van der Waals surface area (Å²) in [5.41, 5.74) is 2.88. The largest absolute Gasteiger partial charge is 0.508 e. The number of hydrogen-bond acceptors (Lipinski definition) is 5. The Labute approximate surface area is 229 Å². The van der Waals surface area contributed by atoms with E-state index in [0.29, 0.717) is 24.3 Å². The minimum Gasteiger partial charge on any atom is -0.508 e. The monoisotopic (exact) mass is 540 g/mol. The quantitative estimate of drug-likeness (QED) is 0.346. The van der Waals surface area contributed by atoms with Crippen molar-refractivity contribution in [3.8, 4) is 5.75 Å². The molecular weight excluding hydrogens is 504 g/mol. The van der Waals surface area contributed by atoms with Gasteiger partial charge < -0.3 is 20.1 Å². The Bertz CT molecular complexity index is 1130. The van der Waals surface area contributed by atoms with Crippen molar-refractivity contribution in [1.82, 2.24) is 10.2 Å². The van der Waals surface area contributed by atoms with Crippen LogP contribution in [0.4, 0.5) is 0 Å². The van der Waals surface area contributed by atoms with Crippen LogP contribution in [0.5, 0.6) is 5.75 Å². The maximum Gasteiger partial charge on any atom is 0.328 e. The van der Waals surface area contributed by atoms with Crippen molar-refractivity contribution in [2.24, 2.45) is 5.92 Å². The molecule has 0 bridgehead atoms. The maximum absolute atomic E-state index is 14.0. The number of carbonyl (C=O) groups excluding carboxylic acids is 3. The zero-order chi connectivity index (χ0) is 27.1. The van der Waals surface area contributed by atoms with Crippen LogP contribution in [-0.2, 0) is 38.5 Å². The fraction of sp³-hybridized carbons (Fsp3) is 0.500. The average molecular weight is 541 g/mol. The molecule has 4 rings (SSSR count). The standard InChI is InChI=1S/C30H37ClN2O5/c1-38-30(37)26-18-22-13-16-25(34)17-23(22)19-33(26)29(36)28(21-8-3-2-4-9-21)32-27(35)10-6-5-7-20-11-14-24(31)15-12-20/h11-17,21,26,28,34H,2-10,18-19H2,1H3,(H,32,35). The number of hydrogen-bond donors (Lipinski definition) is 2. The third kappa shape index (κ3) is 7.07. The van der Waals surface area contributed by atoms with Crippen molar-refractivity contribution >= 4 is 29.4 Å². The van der Waals surface area contributed by atoms with Crippen molar-refractivity contribution < 1.29 is 24.2 Å². The molecule has 2 N–H and O–H groups in total. The fourth-order valence-electron chi connectivity index (χ4n) is 5.69. The van der Waals surface area contributed by atoms with Gasteiger partial charge in [0, 0.05) is 24.4 Å². The lowest BCUT2D eigenvalue weighted by Crippen LogP contribution is -2.58. The zero-order valence-corrected chi connectivity index (χ0v) is 22.7. The number of fused-ring (bicyclic) bond motifs is 1. The van der Waals surface area contributed by atoms with Gasteiger partial charge in [0.2, 0.25) is 11.8 Å². The van der Waals surface area contributed by atoms with Gasteiger partial charge in [0.15, 0.2) is 0 Å². The van der Waals surface area contributed by atoms with E-state index in [2.05, 4.69) is 5.32 Å². The van der Waals surface area contributed by atoms with Crippen molar-refractivity contribution in [2.45, 2.75) is 82.8 Å². The number of ether oxygens (including phenoxy) is 1. The highest BCUT2D eigenvalue weighted by Crippen LogP contribution is 2.32. The molecular formula is C30H37ClN2O5. The van der Waals surface area contributed by atoms with E-state index in [-0.39, 0.29) is 30.0 Å². The Balaban J connectivity index is 1.45. The topological polar surface area (TPSA) is 95.9 Å². The Morgan fingerprint density at radius 1 is 1.05 bits per heavy atom. The molecule has 8 heteroatoms. The normalized spacial score (nSPS) is 18.4. The van der Waals surface area contributed by atoms with Gasteiger partial charge in [-0.25, -0.2) is 4.79 Å². The van der Waals surface area contributed by atoms with Crippen LogP contribution in [0.3, 0.4) is 0 Å². The van der Waals surface area contributed by atoms with Crippen molar-refractivity contribution in [1.29, 1.82) is 0 Å². The van der Waals surface area contributed by atoms with Gasteiger partial charge in [-0.15, -0.1) is 0 Å². The van der Waals surface area contributed by atoms with Crippen LogP contribution in [0.1, 0.15) is 68.1 Å². The van der Waals surface area contributed by atoms with Crippen LogP contribution in [-0.4, -0.2) is 47.0 Å². The number of aromatic hydroxyl groups is 1. The molecule has 2 aromatic rings.